The van der Waals surface area contributed by atoms with Crippen molar-refractivity contribution in [3.05, 3.63) is 52.3 Å². The van der Waals surface area contributed by atoms with Crippen LogP contribution in [-0.2, 0) is 10.0 Å². The second kappa shape index (κ2) is 9.63. The molecule has 3 heterocycles. The van der Waals surface area contributed by atoms with Crippen LogP contribution in [0.4, 0.5) is 11.5 Å². The van der Waals surface area contributed by atoms with Crippen LogP contribution < -0.4 is 15.4 Å². The molecule has 1 amide bonds. The van der Waals surface area contributed by atoms with Crippen LogP contribution in [0.2, 0.25) is 5.02 Å². The average Bonchev–Trinajstić information content (AvgIpc) is 3.37. The molecule has 1 saturated heterocycles. The van der Waals surface area contributed by atoms with Crippen molar-refractivity contribution in [3.8, 4) is 0 Å². The summed E-state index contributed by atoms with van der Waals surface area (Å²) in [5.74, 6) is 0.541. The lowest BCUT2D eigenvalue weighted by Crippen LogP contribution is -2.32. The van der Waals surface area contributed by atoms with Crippen LogP contribution in [-0.4, -0.2) is 66.3 Å². The predicted molar refractivity (Wildman–Crippen MR) is 138 cm³/mol. The fourth-order valence-corrected chi connectivity index (χ4v) is 5.22. The SMILES string of the molecule is CC[C@@H](c1cc2nc(N3CC[C@H](N)C3)c(C)cn2n1)N(C)C(=O)c1ccc(Cl)cc1NS(C)(=O)=O. The molecule has 35 heavy (non-hydrogen) atoms. The van der Waals surface area contributed by atoms with Gasteiger partial charge in [0.25, 0.3) is 5.91 Å². The van der Waals surface area contributed by atoms with Gasteiger partial charge in [-0.15, -0.1) is 0 Å². The zero-order valence-electron chi connectivity index (χ0n) is 20.2. The molecule has 0 unspecified atom stereocenters. The van der Waals surface area contributed by atoms with Crippen molar-refractivity contribution >= 4 is 44.7 Å². The highest BCUT2D eigenvalue weighted by atomic mass is 35.5. The Hall–Kier alpha value is -2.89. The van der Waals surface area contributed by atoms with Gasteiger partial charge in [0, 0.05) is 49.0 Å². The minimum Gasteiger partial charge on any atom is -0.355 e. The number of hydrogen-bond donors (Lipinski definition) is 2. The van der Waals surface area contributed by atoms with E-state index in [2.05, 4.69) is 9.62 Å². The largest absolute Gasteiger partial charge is 0.355 e. The van der Waals surface area contributed by atoms with Gasteiger partial charge >= 0.3 is 0 Å². The number of amides is 1. The number of sulfonamides is 1. The van der Waals surface area contributed by atoms with E-state index in [1.54, 1.807) is 22.5 Å². The zero-order valence-corrected chi connectivity index (χ0v) is 21.8. The zero-order chi connectivity index (χ0) is 25.5. The lowest BCUT2D eigenvalue weighted by Gasteiger charge is -2.27. The molecule has 1 aliphatic heterocycles. The van der Waals surface area contributed by atoms with Gasteiger partial charge in [0.1, 0.15) is 5.82 Å². The monoisotopic (exact) mass is 519 g/mol. The first-order valence-corrected chi connectivity index (χ1v) is 13.7. The van der Waals surface area contributed by atoms with Crippen molar-refractivity contribution in [1.29, 1.82) is 0 Å². The van der Waals surface area contributed by atoms with Crippen LogP contribution >= 0.6 is 11.6 Å². The number of halogens is 1. The van der Waals surface area contributed by atoms with E-state index in [1.807, 2.05) is 26.1 Å². The Bertz CT molecular complexity index is 1370. The van der Waals surface area contributed by atoms with Gasteiger partial charge < -0.3 is 15.5 Å². The van der Waals surface area contributed by atoms with Crippen LogP contribution in [0.15, 0.2) is 30.5 Å². The van der Waals surface area contributed by atoms with E-state index in [4.69, 9.17) is 27.4 Å². The van der Waals surface area contributed by atoms with Crippen molar-refractivity contribution in [1.82, 2.24) is 19.5 Å². The normalized spacial score (nSPS) is 17.1. The molecule has 1 aliphatic rings. The number of carbonyl (C=O) groups excluding carboxylic acids is 1. The van der Waals surface area contributed by atoms with Crippen molar-refractivity contribution in [3.63, 3.8) is 0 Å². The first kappa shape index (κ1) is 25.2. The van der Waals surface area contributed by atoms with Gasteiger partial charge in [-0.2, -0.15) is 5.10 Å². The van der Waals surface area contributed by atoms with Gasteiger partial charge in [0.15, 0.2) is 5.65 Å². The third-order valence-corrected chi connectivity index (χ3v) is 7.00. The Morgan fingerprint density at radius 3 is 2.74 bits per heavy atom. The summed E-state index contributed by atoms with van der Waals surface area (Å²) < 4.78 is 27.8. The summed E-state index contributed by atoms with van der Waals surface area (Å²) in [6, 6.07) is 6.17. The topological polar surface area (TPSA) is 126 Å². The third-order valence-electron chi connectivity index (χ3n) is 6.17. The summed E-state index contributed by atoms with van der Waals surface area (Å²) >= 11 is 6.05. The number of nitrogens with one attached hydrogen (secondary N) is 1. The second-order valence-corrected chi connectivity index (χ2v) is 11.2. The number of nitrogens with zero attached hydrogens (tertiary/aromatic N) is 5. The number of nitrogens with two attached hydrogens (primary N) is 1. The lowest BCUT2D eigenvalue weighted by molar-refractivity contribution is 0.0723. The summed E-state index contributed by atoms with van der Waals surface area (Å²) in [4.78, 5) is 22.0. The average molecular weight is 520 g/mol. The van der Waals surface area contributed by atoms with Crippen molar-refractivity contribution in [2.75, 3.05) is 36.0 Å². The van der Waals surface area contributed by atoms with Gasteiger partial charge in [0.05, 0.1) is 29.2 Å². The molecule has 3 aromatic rings. The Labute approximate surface area is 210 Å². The quantitative estimate of drug-likeness (QED) is 0.491. The molecule has 3 N–H and O–H groups in total. The Morgan fingerprint density at radius 1 is 1.37 bits per heavy atom. The standard InChI is InChI=1S/C23H30ClN7O3S/c1-5-20(29(3)23(32)17-7-6-15(24)10-18(17)28-35(4,33)34)19-11-21-26-22(14(2)12-31(21)27-19)30-9-8-16(25)13-30/h6-7,10-12,16,20,28H,5,8-9,13,25H2,1-4H3/t16-,20-/m0/s1. The molecular formula is C23H30ClN7O3S. The van der Waals surface area contributed by atoms with Gasteiger partial charge in [-0.05, 0) is 38.0 Å². The fraction of sp³-hybridized carbons (Fsp3) is 0.435. The molecule has 4 rings (SSSR count). The van der Waals surface area contributed by atoms with E-state index in [0.29, 0.717) is 22.8 Å². The van der Waals surface area contributed by atoms with Crippen LogP contribution in [0.5, 0.6) is 0 Å². The number of hydrogen-bond acceptors (Lipinski definition) is 7. The number of aryl methyl sites for hydroxylation is 1. The summed E-state index contributed by atoms with van der Waals surface area (Å²) in [5, 5.41) is 5.02. The minimum atomic E-state index is -3.60. The van der Waals surface area contributed by atoms with Gasteiger partial charge in [0.2, 0.25) is 10.0 Å². The van der Waals surface area contributed by atoms with Crippen molar-refractivity contribution in [2.45, 2.75) is 38.8 Å². The molecule has 0 aliphatic carbocycles. The molecule has 2 atom stereocenters. The molecule has 0 bridgehead atoms. The lowest BCUT2D eigenvalue weighted by atomic mass is 10.1. The predicted octanol–water partition coefficient (Wildman–Crippen LogP) is 2.82. The van der Waals surface area contributed by atoms with Crippen LogP contribution in [0, 0.1) is 6.92 Å². The number of benzene rings is 1. The maximum atomic E-state index is 13.4. The number of carbonyl (C=O) groups is 1. The number of aromatic nitrogens is 3. The minimum absolute atomic E-state index is 0.132. The van der Waals surface area contributed by atoms with E-state index in [0.717, 1.165) is 37.1 Å². The highest BCUT2D eigenvalue weighted by Gasteiger charge is 2.27. The Morgan fingerprint density at radius 2 is 2.11 bits per heavy atom. The first-order chi connectivity index (χ1) is 16.5. The Balaban J connectivity index is 1.66. The van der Waals surface area contributed by atoms with E-state index in [1.165, 1.54) is 12.1 Å². The molecule has 0 spiro atoms. The molecule has 10 nitrogen and oxygen atoms in total. The third kappa shape index (κ3) is 5.36. The summed E-state index contributed by atoms with van der Waals surface area (Å²) in [6.07, 6.45) is 4.49. The second-order valence-electron chi connectivity index (χ2n) is 9.02. The molecule has 0 radical (unpaired) electrons. The number of anilines is 2. The molecule has 0 saturated carbocycles. The molecule has 2 aromatic heterocycles. The van der Waals surface area contributed by atoms with E-state index in [-0.39, 0.29) is 29.2 Å². The highest BCUT2D eigenvalue weighted by Crippen LogP contribution is 2.29. The molecule has 1 aromatic carbocycles. The Kier molecular flexibility index (Phi) is 6.94. The van der Waals surface area contributed by atoms with E-state index >= 15 is 0 Å². The van der Waals surface area contributed by atoms with Crippen molar-refractivity contribution < 1.29 is 13.2 Å². The van der Waals surface area contributed by atoms with Crippen LogP contribution in [0.3, 0.4) is 0 Å². The maximum Gasteiger partial charge on any atom is 0.256 e. The fourth-order valence-electron chi connectivity index (χ4n) is 4.48. The van der Waals surface area contributed by atoms with Crippen LogP contribution in [0.25, 0.3) is 5.65 Å². The van der Waals surface area contributed by atoms with E-state index < -0.39 is 10.0 Å². The maximum absolute atomic E-state index is 13.4. The van der Waals surface area contributed by atoms with Gasteiger partial charge in [-0.3, -0.25) is 9.52 Å². The van der Waals surface area contributed by atoms with Crippen LogP contribution in [0.1, 0.15) is 47.4 Å². The smallest absolute Gasteiger partial charge is 0.256 e. The molecule has 12 heteroatoms. The van der Waals surface area contributed by atoms with Gasteiger partial charge in [-0.1, -0.05) is 18.5 Å². The highest BCUT2D eigenvalue weighted by molar-refractivity contribution is 7.92. The summed E-state index contributed by atoms with van der Waals surface area (Å²) in [5.41, 5.74) is 8.79. The molecule has 188 valence electrons. The van der Waals surface area contributed by atoms with E-state index in [9.17, 15) is 13.2 Å². The first-order valence-electron chi connectivity index (χ1n) is 11.4. The summed E-state index contributed by atoms with van der Waals surface area (Å²) in [7, 11) is -1.93. The number of rotatable bonds is 7. The molecule has 1 fully saturated rings. The number of fused-ring (bicyclic) bond motifs is 1. The molecular weight excluding hydrogens is 490 g/mol. The van der Waals surface area contributed by atoms with Gasteiger partial charge in [-0.25, -0.2) is 17.9 Å². The summed E-state index contributed by atoms with van der Waals surface area (Å²) in [6.45, 7) is 5.60. The van der Waals surface area contributed by atoms with Crippen molar-refractivity contribution in [2.24, 2.45) is 5.73 Å².